The van der Waals surface area contributed by atoms with Crippen molar-refractivity contribution < 1.29 is 23.4 Å². The first-order valence-electron chi connectivity index (χ1n) is 12.9. The second kappa shape index (κ2) is 11.6. The molecule has 0 bridgehead atoms. The molecular formula is C31H38O5Si. The van der Waals surface area contributed by atoms with Gasteiger partial charge in [0.2, 0.25) is 0 Å². The van der Waals surface area contributed by atoms with Gasteiger partial charge in [0, 0.05) is 6.42 Å². The lowest BCUT2D eigenvalue weighted by atomic mass is 9.96. The van der Waals surface area contributed by atoms with Crippen molar-refractivity contribution in [1.29, 1.82) is 0 Å². The zero-order valence-electron chi connectivity index (χ0n) is 22.5. The lowest BCUT2D eigenvalue weighted by Crippen LogP contribution is -2.67. The number of ether oxygens (including phenoxy) is 3. The summed E-state index contributed by atoms with van der Waals surface area (Å²) in [6.45, 7) is 9.36. The van der Waals surface area contributed by atoms with Crippen molar-refractivity contribution in [2.45, 2.75) is 58.0 Å². The van der Waals surface area contributed by atoms with Crippen molar-refractivity contribution in [3.05, 3.63) is 90.5 Å². The number of rotatable bonds is 9. The predicted octanol–water partition coefficient (Wildman–Crippen LogP) is 5.11. The average molecular weight is 519 g/mol. The maximum absolute atomic E-state index is 12.8. The van der Waals surface area contributed by atoms with Gasteiger partial charge in [-0.15, -0.1) is 0 Å². The van der Waals surface area contributed by atoms with E-state index in [1.807, 2.05) is 43.3 Å². The molecule has 37 heavy (non-hydrogen) atoms. The van der Waals surface area contributed by atoms with Gasteiger partial charge in [0.15, 0.2) is 0 Å². The number of methoxy groups -OCH3 is 1. The van der Waals surface area contributed by atoms with Gasteiger partial charge in [-0.3, -0.25) is 4.79 Å². The van der Waals surface area contributed by atoms with Crippen LogP contribution < -0.4 is 15.1 Å². The van der Waals surface area contributed by atoms with E-state index < -0.39 is 8.32 Å². The van der Waals surface area contributed by atoms with Crippen LogP contribution in [0, 0.1) is 5.92 Å². The van der Waals surface area contributed by atoms with E-state index in [4.69, 9.17) is 18.6 Å². The summed E-state index contributed by atoms with van der Waals surface area (Å²) in [4.78, 5) is 12.8. The lowest BCUT2D eigenvalue weighted by molar-refractivity contribution is -0.176. The maximum Gasteiger partial charge on any atom is 0.311 e. The highest BCUT2D eigenvalue weighted by molar-refractivity contribution is 6.99. The van der Waals surface area contributed by atoms with Crippen LogP contribution in [0.4, 0.5) is 0 Å². The van der Waals surface area contributed by atoms with Gasteiger partial charge < -0.3 is 18.6 Å². The first-order valence-corrected chi connectivity index (χ1v) is 14.9. The van der Waals surface area contributed by atoms with Crippen LogP contribution in [-0.2, 0) is 25.3 Å². The van der Waals surface area contributed by atoms with Gasteiger partial charge in [-0.1, -0.05) is 93.6 Å². The van der Waals surface area contributed by atoms with Crippen molar-refractivity contribution in [3.8, 4) is 5.75 Å². The Hall–Kier alpha value is -2.93. The number of cyclic esters (lactones) is 1. The number of hydrogen-bond acceptors (Lipinski definition) is 5. The standard InChI is InChI=1S/C31H38O5Si/c1-23-29(34-21-24-16-18-25(33-5)19-17-24)20-26(36-30(23)32)22-35-37(31(2,3)4,27-12-8-6-9-13-27)28-14-10-7-11-15-28/h6-19,23,26,29H,20-22H2,1-5H3/t23-,26+,29+/m1/s1. The Morgan fingerprint density at radius 1 is 0.892 bits per heavy atom. The normalized spacial score (nSPS) is 20.4. The first-order chi connectivity index (χ1) is 17.7. The summed E-state index contributed by atoms with van der Waals surface area (Å²) >= 11 is 0. The van der Waals surface area contributed by atoms with E-state index in [9.17, 15) is 4.79 Å². The van der Waals surface area contributed by atoms with Crippen LogP contribution >= 0.6 is 0 Å². The largest absolute Gasteiger partial charge is 0.497 e. The van der Waals surface area contributed by atoms with Crippen molar-refractivity contribution in [2.24, 2.45) is 5.92 Å². The Morgan fingerprint density at radius 3 is 1.97 bits per heavy atom. The molecular weight excluding hydrogens is 480 g/mol. The molecule has 0 aromatic heterocycles. The Kier molecular flexibility index (Phi) is 8.52. The van der Waals surface area contributed by atoms with Gasteiger partial charge in [0.25, 0.3) is 8.32 Å². The summed E-state index contributed by atoms with van der Waals surface area (Å²) in [7, 11) is -1.07. The minimum atomic E-state index is -2.72. The molecule has 0 N–H and O–H groups in total. The van der Waals surface area contributed by atoms with Crippen LogP contribution in [0.3, 0.4) is 0 Å². The fraction of sp³-hybridized carbons (Fsp3) is 0.387. The van der Waals surface area contributed by atoms with Gasteiger partial charge in [0.1, 0.15) is 11.9 Å². The molecule has 6 heteroatoms. The second-order valence-corrected chi connectivity index (χ2v) is 15.1. The Balaban J connectivity index is 1.54. The molecule has 4 rings (SSSR count). The molecule has 5 nitrogen and oxygen atoms in total. The third kappa shape index (κ3) is 5.98. The van der Waals surface area contributed by atoms with E-state index >= 15 is 0 Å². The molecule has 3 atom stereocenters. The topological polar surface area (TPSA) is 54.0 Å². The molecule has 3 aromatic carbocycles. The summed E-state index contributed by atoms with van der Waals surface area (Å²) < 4.78 is 24.3. The molecule has 0 radical (unpaired) electrons. The molecule has 0 spiro atoms. The summed E-state index contributed by atoms with van der Waals surface area (Å²) in [5.74, 6) is 0.239. The highest BCUT2D eigenvalue weighted by atomic mass is 28.4. The van der Waals surface area contributed by atoms with Crippen LogP contribution in [0.15, 0.2) is 84.9 Å². The van der Waals surface area contributed by atoms with Gasteiger partial charge in [-0.25, -0.2) is 0 Å². The van der Waals surface area contributed by atoms with E-state index in [0.29, 0.717) is 19.6 Å². The van der Waals surface area contributed by atoms with E-state index in [1.165, 1.54) is 10.4 Å². The third-order valence-corrected chi connectivity index (χ3v) is 12.2. The monoisotopic (exact) mass is 518 g/mol. The van der Waals surface area contributed by atoms with Crippen LogP contribution in [0.2, 0.25) is 5.04 Å². The van der Waals surface area contributed by atoms with Crippen LogP contribution in [-0.4, -0.2) is 40.2 Å². The minimum Gasteiger partial charge on any atom is -0.497 e. The molecule has 0 amide bonds. The van der Waals surface area contributed by atoms with Crippen molar-refractivity contribution in [1.82, 2.24) is 0 Å². The number of benzene rings is 3. The van der Waals surface area contributed by atoms with Gasteiger partial charge >= 0.3 is 5.97 Å². The zero-order chi connectivity index (χ0) is 26.5. The van der Waals surface area contributed by atoms with Crippen molar-refractivity contribution in [3.63, 3.8) is 0 Å². The van der Waals surface area contributed by atoms with Crippen molar-refractivity contribution >= 4 is 24.7 Å². The van der Waals surface area contributed by atoms with Crippen LogP contribution in [0.1, 0.15) is 39.7 Å². The van der Waals surface area contributed by atoms with Gasteiger partial charge in [-0.05, 0) is 40.0 Å². The van der Waals surface area contributed by atoms with Crippen LogP contribution in [0.5, 0.6) is 5.75 Å². The second-order valence-electron chi connectivity index (χ2n) is 10.8. The molecule has 1 aliphatic heterocycles. The highest BCUT2D eigenvalue weighted by Crippen LogP contribution is 2.37. The fourth-order valence-electron chi connectivity index (χ4n) is 5.15. The summed E-state index contributed by atoms with van der Waals surface area (Å²) in [5.41, 5.74) is 1.03. The van der Waals surface area contributed by atoms with Gasteiger partial charge in [-0.2, -0.15) is 0 Å². The number of hydrogen-bond donors (Lipinski definition) is 0. The lowest BCUT2D eigenvalue weighted by Gasteiger charge is -2.44. The summed E-state index contributed by atoms with van der Waals surface area (Å²) in [6.07, 6.45) is -0.0105. The summed E-state index contributed by atoms with van der Waals surface area (Å²) in [6, 6.07) is 28.8. The van der Waals surface area contributed by atoms with E-state index in [2.05, 4.69) is 69.3 Å². The number of carbonyl (C=O) groups is 1. The van der Waals surface area contributed by atoms with Crippen molar-refractivity contribution in [2.75, 3.05) is 13.7 Å². The number of esters is 1. The smallest absolute Gasteiger partial charge is 0.311 e. The molecule has 1 saturated heterocycles. The molecule has 3 aromatic rings. The minimum absolute atomic E-state index is 0.147. The van der Waals surface area contributed by atoms with E-state index in [0.717, 1.165) is 11.3 Å². The van der Waals surface area contributed by atoms with E-state index in [1.54, 1.807) is 7.11 Å². The van der Waals surface area contributed by atoms with Gasteiger partial charge in [0.05, 0.1) is 32.3 Å². The average Bonchev–Trinajstić information content (AvgIpc) is 2.91. The molecule has 0 aliphatic carbocycles. The Bertz CT molecular complexity index is 1100. The fourth-order valence-corrected chi connectivity index (χ4v) is 9.75. The molecule has 1 heterocycles. The quantitative estimate of drug-likeness (QED) is 0.291. The summed E-state index contributed by atoms with van der Waals surface area (Å²) in [5, 5.41) is 2.26. The highest BCUT2D eigenvalue weighted by Gasteiger charge is 2.51. The maximum atomic E-state index is 12.8. The molecule has 0 saturated carbocycles. The molecule has 1 fully saturated rings. The SMILES string of the molecule is COc1ccc(CO[C@H]2C[C@@H](CO[Si](c3ccccc3)(c3ccccc3)C(C)(C)C)OC(=O)[C@@H]2C)cc1. The predicted molar refractivity (Wildman–Crippen MR) is 149 cm³/mol. The Morgan fingerprint density at radius 2 is 1.46 bits per heavy atom. The molecule has 196 valence electrons. The molecule has 0 unspecified atom stereocenters. The number of carbonyl (C=O) groups excluding carboxylic acids is 1. The first kappa shape index (κ1) is 27.1. The Labute approximate surface area is 221 Å². The third-order valence-electron chi connectivity index (χ3n) is 7.23. The molecule has 1 aliphatic rings. The zero-order valence-corrected chi connectivity index (χ0v) is 23.5. The van der Waals surface area contributed by atoms with E-state index in [-0.39, 0.29) is 29.1 Å². The van der Waals surface area contributed by atoms with Crippen LogP contribution in [0.25, 0.3) is 0 Å².